The topological polar surface area (TPSA) is 728 Å². The van der Waals surface area contributed by atoms with Crippen LogP contribution in [0.1, 0.15) is 140 Å². The minimum Gasteiger partial charge on any atom is -0.480 e. The number of rotatable bonds is 55. The van der Waals surface area contributed by atoms with Crippen LogP contribution in [0, 0.1) is 23.7 Å². The quantitative estimate of drug-likeness (QED) is 0.0153. The smallest absolute Gasteiger partial charge is 0.325 e. The van der Waals surface area contributed by atoms with Crippen LogP contribution in [0.5, 0.6) is 0 Å². The van der Waals surface area contributed by atoms with E-state index >= 15 is 0 Å². The van der Waals surface area contributed by atoms with Gasteiger partial charge in [-0.1, -0.05) is 55.4 Å². The van der Waals surface area contributed by atoms with Crippen molar-refractivity contribution in [3.8, 4) is 0 Å². The Hall–Kier alpha value is -9.63. The molecular weight excluding hydrogens is 1470 g/mol. The summed E-state index contributed by atoms with van der Waals surface area (Å²) in [7, 11) is 0. The maximum absolute atomic E-state index is 14.2. The standard InChI is InChI=1S/C66H119N21O22S/c1-30(2)23-40(57(100)78-37(16-14-21-73-66(71)72)55(98)77-36(15-12-13-20-67)54(97)80-39(19-22-110-11)53(96)75-34(9)65(108)109)76-48(94)26-74-52(95)43(27-88)83-56(99)38(17-18-46(68)92)79-58(101)41(24-31(3)4)81-64(107)51(35(10)91)87-61(104)44(28-89)84-59(102)42(25-47(69)93)82-63(106)50(33(7)8)86-60(103)45(29-90)85-62(105)49(70)32(5)6/h30-45,49-51,88-91H,12-29,67,70H2,1-11H3,(H2,68,92)(H2,69,93)(H,74,95)(H,75,96)(H,76,94)(H,77,98)(H,78,100)(H,79,101)(H,80,97)(H,81,107)(H,82,106)(H,83,99)(H,84,102)(H,85,105)(H,86,103)(H,87,104)(H,108,109)(H4,71,72,73). The Morgan fingerprint density at radius 3 is 1.21 bits per heavy atom. The number of aliphatic imine (C=N–C) groups is 1. The lowest BCUT2D eigenvalue weighted by atomic mass is 10.0. The lowest BCUT2D eigenvalue weighted by Crippen LogP contribution is -2.63. The molecule has 0 aromatic carbocycles. The van der Waals surface area contributed by atoms with Crippen LogP contribution in [0.15, 0.2) is 4.99 Å². The summed E-state index contributed by atoms with van der Waals surface area (Å²) < 4.78 is 0. The van der Waals surface area contributed by atoms with Gasteiger partial charge in [0.1, 0.15) is 78.5 Å². The Bertz CT molecular complexity index is 3130. The summed E-state index contributed by atoms with van der Waals surface area (Å²) in [6.45, 7) is 11.1. The largest absolute Gasteiger partial charge is 0.480 e. The van der Waals surface area contributed by atoms with Crippen LogP contribution in [0.3, 0.4) is 0 Å². The molecule has 110 heavy (non-hydrogen) atoms. The third-order valence-corrected chi connectivity index (χ3v) is 17.0. The predicted octanol–water partition coefficient (Wildman–Crippen LogP) is -10.3. The molecule has 0 saturated heterocycles. The maximum Gasteiger partial charge on any atom is 0.325 e. The van der Waals surface area contributed by atoms with E-state index in [4.69, 9.17) is 34.4 Å². The molecule has 0 aliphatic heterocycles. The summed E-state index contributed by atoms with van der Waals surface area (Å²) in [5.74, 6) is -20.1. The molecule has 44 heteroatoms. The second-order valence-corrected chi connectivity index (χ2v) is 28.7. The van der Waals surface area contributed by atoms with Gasteiger partial charge in [-0.25, -0.2) is 0 Å². The van der Waals surface area contributed by atoms with Crippen LogP contribution in [-0.2, 0) is 81.5 Å². The molecule has 15 atom stereocenters. The number of aliphatic carboxylic acids is 1. The summed E-state index contributed by atoms with van der Waals surface area (Å²) in [6.07, 6.45) is -1.65. The number of carbonyl (C=O) groups excluding carboxylic acids is 16. The van der Waals surface area contributed by atoms with Crippen LogP contribution >= 0.6 is 11.8 Å². The molecule has 0 bridgehead atoms. The second-order valence-electron chi connectivity index (χ2n) is 27.7. The van der Waals surface area contributed by atoms with Gasteiger partial charge in [0, 0.05) is 13.0 Å². The zero-order chi connectivity index (χ0) is 84.4. The predicted molar refractivity (Wildman–Crippen MR) is 399 cm³/mol. The van der Waals surface area contributed by atoms with E-state index in [9.17, 15) is 107 Å². The number of carbonyl (C=O) groups is 17. The molecular formula is C66H119N21O22S. The lowest BCUT2D eigenvalue weighted by molar-refractivity contribution is -0.142. The van der Waals surface area contributed by atoms with Gasteiger partial charge in [-0.15, -0.1) is 0 Å². The lowest BCUT2D eigenvalue weighted by Gasteiger charge is -2.29. The van der Waals surface area contributed by atoms with Crippen LogP contribution < -0.4 is 109 Å². The van der Waals surface area contributed by atoms with E-state index in [0.717, 1.165) is 6.92 Å². The van der Waals surface area contributed by atoms with Crippen molar-refractivity contribution < 1.29 is 107 Å². The number of amides is 16. The number of hydrogen-bond acceptors (Lipinski definition) is 25. The Balaban J connectivity index is 6.70. The van der Waals surface area contributed by atoms with E-state index in [1.165, 1.54) is 32.5 Å². The Morgan fingerprint density at radius 1 is 0.409 bits per heavy atom. The first-order valence-electron chi connectivity index (χ1n) is 35.9. The number of nitrogens with zero attached hydrogens (tertiary/aromatic N) is 1. The number of carboxylic acids is 1. The molecule has 0 aliphatic rings. The van der Waals surface area contributed by atoms with Gasteiger partial charge in [0.25, 0.3) is 0 Å². The molecule has 0 radical (unpaired) electrons. The average Bonchev–Trinajstić information content (AvgIpc) is 0.856. The number of hydrogen-bond donors (Lipinski definition) is 25. The highest BCUT2D eigenvalue weighted by atomic mass is 32.2. The first kappa shape index (κ1) is 100. The highest BCUT2D eigenvalue weighted by Crippen LogP contribution is 2.14. The van der Waals surface area contributed by atoms with Gasteiger partial charge in [-0.05, 0) is 114 Å². The first-order chi connectivity index (χ1) is 51.4. The summed E-state index contributed by atoms with van der Waals surface area (Å²) in [5.41, 5.74) is 33.4. The number of unbranched alkanes of at least 4 members (excludes halogenated alkanes) is 1. The molecule has 0 aromatic heterocycles. The Labute approximate surface area is 642 Å². The fourth-order valence-corrected chi connectivity index (χ4v) is 10.6. The molecule has 0 heterocycles. The highest BCUT2D eigenvalue weighted by Gasteiger charge is 2.39. The second kappa shape index (κ2) is 52.5. The highest BCUT2D eigenvalue weighted by molar-refractivity contribution is 7.98. The summed E-state index contributed by atoms with van der Waals surface area (Å²) >= 11 is 1.35. The fraction of sp³-hybridized carbons (Fsp3) is 0.727. The van der Waals surface area contributed by atoms with Gasteiger partial charge in [0.15, 0.2) is 5.96 Å². The minimum atomic E-state index is -2.01. The van der Waals surface area contributed by atoms with Crippen LogP contribution in [0.4, 0.5) is 0 Å². The van der Waals surface area contributed by atoms with Crippen molar-refractivity contribution in [2.24, 2.45) is 63.1 Å². The number of nitrogens with two attached hydrogens (primary N) is 6. The molecule has 626 valence electrons. The third-order valence-electron chi connectivity index (χ3n) is 16.4. The molecule has 0 fully saturated rings. The molecule has 0 aliphatic carbocycles. The molecule has 16 amide bonds. The van der Waals surface area contributed by atoms with Crippen LogP contribution in [-0.4, -0.2) is 274 Å². The maximum atomic E-state index is 14.2. The zero-order valence-electron chi connectivity index (χ0n) is 64.2. The van der Waals surface area contributed by atoms with Crippen molar-refractivity contribution in [1.82, 2.24) is 74.4 Å². The monoisotopic (exact) mass is 1590 g/mol. The number of aliphatic hydroxyl groups is 4. The van der Waals surface area contributed by atoms with E-state index in [0.29, 0.717) is 18.6 Å². The van der Waals surface area contributed by atoms with Gasteiger partial charge in [0.2, 0.25) is 94.5 Å². The molecule has 0 saturated carbocycles. The first-order valence-corrected chi connectivity index (χ1v) is 37.3. The van der Waals surface area contributed by atoms with E-state index in [1.54, 1.807) is 47.8 Å². The SMILES string of the molecule is CSCCC(NC(=O)C(CCCCN)NC(=O)C(CCCN=C(N)N)NC(=O)C(CC(C)C)NC(=O)CNC(=O)C(CO)NC(=O)C(CCC(N)=O)NC(=O)C(CC(C)C)NC(=O)C(NC(=O)C(CO)NC(=O)C(CC(N)=O)NC(=O)C(NC(=O)C(CO)NC(=O)C(N)C(C)C)C(C)C)C(C)O)C(=O)NC(C)C(=O)O. The average molecular weight is 1590 g/mol. The van der Waals surface area contributed by atoms with E-state index in [-0.39, 0.29) is 69.4 Å². The van der Waals surface area contributed by atoms with Gasteiger partial charge >= 0.3 is 5.97 Å². The van der Waals surface area contributed by atoms with Crippen molar-refractivity contribution >= 4 is 118 Å². The summed E-state index contributed by atoms with van der Waals surface area (Å²) in [6, 6.07) is -22.1. The molecule has 15 unspecified atom stereocenters. The molecule has 0 rings (SSSR count). The van der Waals surface area contributed by atoms with E-state index < -0.39 is 249 Å². The number of thioether (sulfide) groups is 1. The van der Waals surface area contributed by atoms with E-state index in [1.807, 2.05) is 0 Å². The fourth-order valence-electron chi connectivity index (χ4n) is 10.1. The van der Waals surface area contributed by atoms with E-state index in [2.05, 4.69) is 79.4 Å². The Morgan fingerprint density at radius 2 is 0.791 bits per heavy atom. The zero-order valence-corrected chi connectivity index (χ0v) is 65.0. The molecule has 31 N–H and O–H groups in total. The van der Waals surface area contributed by atoms with Gasteiger partial charge in [0.05, 0.1) is 44.9 Å². The van der Waals surface area contributed by atoms with Crippen molar-refractivity contribution in [3.63, 3.8) is 0 Å². The number of carboxylic acid groups (broad SMARTS) is 1. The number of primary amides is 2. The molecule has 43 nitrogen and oxygen atoms in total. The van der Waals surface area contributed by atoms with Gasteiger partial charge < -0.3 is 134 Å². The molecule has 0 spiro atoms. The number of aliphatic hydroxyl groups excluding tert-OH is 4. The van der Waals surface area contributed by atoms with Crippen molar-refractivity contribution in [3.05, 3.63) is 0 Å². The summed E-state index contributed by atoms with van der Waals surface area (Å²) in [4.78, 5) is 231. The normalized spacial score (nSPS) is 15.3. The van der Waals surface area contributed by atoms with Crippen LogP contribution in [0.2, 0.25) is 0 Å². The number of guanidine groups is 1. The van der Waals surface area contributed by atoms with Crippen molar-refractivity contribution in [1.29, 1.82) is 0 Å². The summed E-state index contributed by atoms with van der Waals surface area (Å²) in [5, 5.41) is 83.7. The number of nitrogens with one attached hydrogen (secondary N) is 14. The van der Waals surface area contributed by atoms with Crippen molar-refractivity contribution in [2.45, 2.75) is 231 Å². The van der Waals surface area contributed by atoms with Gasteiger partial charge in [-0.3, -0.25) is 86.5 Å². The third kappa shape index (κ3) is 39.1. The van der Waals surface area contributed by atoms with Crippen LogP contribution in [0.25, 0.3) is 0 Å². The van der Waals surface area contributed by atoms with Gasteiger partial charge in [-0.2, -0.15) is 11.8 Å². The van der Waals surface area contributed by atoms with Crippen molar-refractivity contribution in [2.75, 3.05) is 51.5 Å². The molecule has 0 aromatic rings. The Kier molecular flexibility index (Phi) is 47.9. The minimum absolute atomic E-state index is 0.00447.